The van der Waals surface area contributed by atoms with Gasteiger partial charge in [-0.1, -0.05) is 68.9 Å². The van der Waals surface area contributed by atoms with Crippen molar-refractivity contribution in [3.8, 4) is 5.75 Å². The lowest BCUT2D eigenvalue weighted by atomic mass is 9.45. The van der Waals surface area contributed by atoms with Gasteiger partial charge >= 0.3 is 6.03 Å². The Kier molecular flexibility index (Phi) is 8.40. The van der Waals surface area contributed by atoms with Gasteiger partial charge in [0.05, 0.1) is 12.8 Å². The highest BCUT2D eigenvalue weighted by Gasteiger charge is 2.58. The molecule has 5 heteroatoms. The standard InChI is InChI=1S/C33H45N3O2/c1-3-4-5-6-7-8-17-38-30-15-11-26(12-16-30)23-34-36-31(37)35-33-21-27-18-28(22-33)20-32(19-27,24-33)29-13-9-25(2)10-14-29/h9-16,23,27-28H,3-8,17-22,24H2,1-2H3,(H2,35,36,37)/b34-23-/t27-,28+,32?,33?. The summed E-state index contributed by atoms with van der Waals surface area (Å²) in [7, 11) is 0. The van der Waals surface area contributed by atoms with E-state index in [2.05, 4.69) is 54.0 Å². The lowest BCUT2D eigenvalue weighted by Crippen LogP contribution is -2.65. The first-order chi connectivity index (χ1) is 18.5. The van der Waals surface area contributed by atoms with E-state index in [0.29, 0.717) is 11.8 Å². The molecule has 0 aromatic heterocycles. The van der Waals surface area contributed by atoms with Gasteiger partial charge in [0.2, 0.25) is 0 Å². The summed E-state index contributed by atoms with van der Waals surface area (Å²) in [6.07, 6.45) is 16.3. The zero-order valence-corrected chi connectivity index (χ0v) is 23.3. The molecule has 2 aromatic rings. The molecule has 4 aliphatic rings. The minimum atomic E-state index is -0.193. The number of hydrogen-bond acceptors (Lipinski definition) is 3. The van der Waals surface area contributed by atoms with Crippen LogP contribution in [0.25, 0.3) is 0 Å². The van der Waals surface area contributed by atoms with Gasteiger partial charge in [0.1, 0.15) is 5.75 Å². The van der Waals surface area contributed by atoms with Gasteiger partial charge in [-0.2, -0.15) is 5.10 Å². The zero-order chi connectivity index (χ0) is 26.4. The smallest absolute Gasteiger partial charge is 0.335 e. The highest BCUT2D eigenvalue weighted by atomic mass is 16.5. The molecular weight excluding hydrogens is 470 g/mol. The third-order valence-corrected chi connectivity index (χ3v) is 9.13. The van der Waals surface area contributed by atoms with Crippen molar-refractivity contribution in [3.63, 3.8) is 0 Å². The second-order valence-corrected chi connectivity index (χ2v) is 12.4. The summed E-state index contributed by atoms with van der Waals surface area (Å²) >= 11 is 0. The molecule has 5 nitrogen and oxygen atoms in total. The van der Waals surface area contributed by atoms with Crippen molar-refractivity contribution in [2.75, 3.05) is 6.61 Å². The van der Waals surface area contributed by atoms with Crippen molar-refractivity contribution in [2.45, 2.75) is 102 Å². The number of amides is 2. The van der Waals surface area contributed by atoms with E-state index in [9.17, 15) is 4.79 Å². The molecule has 0 saturated heterocycles. The van der Waals surface area contributed by atoms with E-state index in [1.165, 1.54) is 62.5 Å². The fourth-order valence-electron chi connectivity index (χ4n) is 7.81. The Morgan fingerprint density at radius 3 is 2.34 bits per heavy atom. The molecule has 4 atom stereocenters. The first-order valence-corrected chi connectivity index (χ1v) is 14.9. The molecule has 2 aromatic carbocycles. The van der Waals surface area contributed by atoms with Gasteiger partial charge in [0.15, 0.2) is 0 Å². The van der Waals surface area contributed by atoms with Crippen molar-refractivity contribution in [2.24, 2.45) is 16.9 Å². The van der Waals surface area contributed by atoms with E-state index in [4.69, 9.17) is 4.74 Å². The number of ether oxygens (including phenoxy) is 1. The number of rotatable bonds is 12. The molecule has 0 aliphatic heterocycles. The maximum atomic E-state index is 12.9. The summed E-state index contributed by atoms with van der Waals surface area (Å²) in [6.45, 7) is 5.15. The number of carbonyl (C=O) groups is 1. The number of carbonyl (C=O) groups excluding carboxylic acids is 1. The van der Waals surface area contributed by atoms with Gasteiger partial charge in [0.25, 0.3) is 0 Å². The van der Waals surface area contributed by atoms with Crippen LogP contribution >= 0.6 is 0 Å². The summed E-state index contributed by atoms with van der Waals surface area (Å²) < 4.78 is 5.87. The lowest BCUT2D eigenvalue weighted by molar-refractivity contribution is -0.0349. The Labute approximate surface area is 228 Å². The molecular formula is C33H45N3O2. The number of unbranched alkanes of at least 4 members (excludes halogenated alkanes) is 5. The fourth-order valence-corrected chi connectivity index (χ4v) is 7.81. The van der Waals surface area contributed by atoms with Crippen molar-refractivity contribution >= 4 is 12.2 Å². The van der Waals surface area contributed by atoms with Gasteiger partial charge in [-0.3, -0.25) is 0 Å². The molecule has 6 rings (SSSR count). The predicted molar refractivity (Wildman–Crippen MR) is 155 cm³/mol. The van der Waals surface area contributed by atoms with Gasteiger partial charge in [-0.05, 0) is 105 Å². The maximum Gasteiger partial charge on any atom is 0.335 e. The molecule has 0 radical (unpaired) electrons. The highest BCUT2D eigenvalue weighted by molar-refractivity contribution is 5.82. The number of nitrogens with zero attached hydrogens (tertiary/aromatic N) is 1. The van der Waals surface area contributed by atoms with Crippen LogP contribution in [0.15, 0.2) is 53.6 Å². The largest absolute Gasteiger partial charge is 0.494 e. The molecule has 38 heavy (non-hydrogen) atoms. The summed E-state index contributed by atoms with van der Waals surface area (Å²) in [5.74, 6) is 2.28. The van der Waals surface area contributed by atoms with Crippen LogP contribution < -0.4 is 15.5 Å². The first kappa shape index (κ1) is 26.8. The van der Waals surface area contributed by atoms with E-state index in [-0.39, 0.29) is 17.0 Å². The van der Waals surface area contributed by atoms with Gasteiger partial charge in [-0.15, -0.1) is 0 Å². The lowest BCUT2D eigenvalue weighted by Gasteiger charge is -2.62. The second kappa shape index (κ2) is 11.9. The van der Waals surface area contributed by atoms with Crippen LogP contribution in [-0.2, 0) is 5.41 Å². The van der Waals surface area contributed by atoms with Gasteiger partial charge in [-0.25, -0.2) is 10.2 Å². The van der Waals surface area contributed by atoms with Crippen molar-refractivity contribution < 1.29 is 9.53 Å². The molecule has 4 bridgehead atoms. The number of hydrogen-bond donors (Lipinski definition) is 2. The van der Waals surface area contributed by atoms with E-state index in [1.807, 2.05) is 24.3 Å². The third-order valence-electron chi connectivity index (χ3n) is 9.13. The van der Waals surface area contributed by atoms with Gasteiger partial charge < -0.3 is 10.1 Å². The fraction of sp³-hybridized carbons (Fsp3) is 0.576. The SMILES string of the molecule is CCCCCCCCOc1ccc(/C=N\NC(=O)NC23C[C@H]4C[C@@H](C2)CC(c2ccc(C)cc2)(C4)C3)cc1. The number of aryl methyl sites for hydroxylation is 1. The van der Waals surface area contributed by atoms with E-state index in [0.717, 1.165) is 43.6 Å². The van der Waals surface area contributed by atoms with Crippen LogP contribution in [0, 0.1) is 18.8 Å². The number of hydrazone groups is 1. The molecule has 0 spiro atoms. The summed E-state index contributed by atoms with van der Waals surface area (Å²) in [5.41, 5.74) is 6.51. The van der Waals surface area contributed by atoms with E-state index < -0.39 is 0 Å². The molecule has 2 amide bonds. The van der Waals surface area contributed by atoms with Crippen LogP contribution in [0.4, 0.5) is 4.79 Å². The minimum absolute atomic E-state index is 0.121. The Bertz CT molecular complexity index is 1080. The quantitative estimate of drug-likeness (QED) is 0.173. The number of benzene rings is 2. The molecule has 4 aliphatic carbocycles. The van der Waals surface area contributed by atoms with Gasteiger partial charge in [0, 0.05) is 5.54 Å². The van der Waals surface area contributed by atoms with Crippen molar-refractivity contribution in [1.29, 1.82) is 0 Å². The monoisotopic (exact) mass is 515 g/mol. The normalized spacial score (nSPS) is 27.5. The summed E-state index contributed by atoms with van der Waals surface area (Å²) in [4.78, 5) is 12.9. The Morgan fingerprint density at radius 2 is 1.63 bits per heavy atom. The van der Waals surface area contributed by atoms with Crippen molar-refractivity contribution in [3.05, 3.63) is 65.2 Å². The molecule has 2 unspecified atom stereocenters. The predicted octanol–water partition coefficient (Wildman–Crippen LogP) is 7.66. The average molecular weight is 516 g/mol. The third kappa shape index (κ3) is 6.42. The highest BCUT2D eigenvalue weighted by Crippen LogP contribution is 2.62. The Hall–Kier alpha value is -2.82. The summed E-state index contributed by atoms with van der Waals surface area (Å²) in [6, 6.07) is 16.8. The molecule has 4 fully saturated rings. The van der Waals surface area contributed by atoms with Crippen LogP contribution in [0.5, 0.6) is 5.75 Å². The van der Waals surface area contributed by atoms with Crippen LogP contribution in [-0.4, -0.2) is 24.4 Å². The molecule has 4 saturated carbocycles. The minimum Gasteiger partial charge on any atom is -0.494 e. The van der Waals surface area contributed by atoms with E-state index >= 15 is 0 Å². The topological polar surface area (TPSA) is 62.7 Å². The van der Waals surface area contributed by atoms with Crippen molar-refractivity contribution in [1.82, 2.24) is 10.7 Å². The number of nitrogens with one attached hydrogen (secondary N) is 2. The second-order valence-electron chi connectivity index (χ2n) is 12.4. The molecule has 2 N–H and O–H groups in total. The zero-order valence-electron chi connectivity index (χ0n) is 23.3. The van der Waals surface area contributed by atoms with Crippen LogP contribution in [0.2, 0.25) is 0 Å². The number of urea groups is 1. The maximum absolute atomic E-state index is 12.9. The van der Waals surface area contributed by atoms with Crippen LogP contribution in [0.1, 0.15) is 101 Å². The molecule has 0 heterocycles. The van der Waals surface area contributed by atoms with Crippen LogP contribution in [0.3, 0.4) is 0 Å². The average Bonchev–Trinajstić information content (AvgIpc) is 2.88. The summed E-state index contributed by atoms with van der Waals surface area (Å²) in [5, 5.41) is 7.62. The molecule has 204 valence electrons. The Balaban J connectivity index is 1.10. The Morgan fingerprint density at radius 1 is 0.947 bits per heavy atom. The van der Waals surface area contributed by atoms with E-state index in [1.54, 1.807) is 6.21 Å². The first-order valence-electron chi connectivity index (χ1n) is 14.9.